The van der Waals surface area contributed by atoms with Crippen LogP contribution >= 0.6 is 0 Å². The first kappa shape index (κ1) is 24.8. The van der Waals surface area contributed by atoms with Gasteiger partial charge >= 0.3 is 12.1 Å². The number of nitrogens with one attached hydrogen (secondary N) is 1. The normalized spacial score (nSPS) is 22.0. The first-order valence-electron chi connectivity index (χ1n) is 12.3. The molecule has 0 radical (unpaired) electrons. The van der Waals surface area contributed by atoms with Crippen LogP contribution in [0.25, 0.3) is 11.1 Å². The third kappa shape index (κ3) is 4.77. The Bertz CT molecular complexity index is 1080. The van der Waals surface area contributed by atoms with Gasteiger partial charge in [-0.25, -0.2) is 4.79 Å². The minimum atomic E-state index is -0.998. The largest absolute Gasteiger partial charge is 0.481 e. The van der Waals surface area contributed by atoms with Crippen molar-refractivity contribution in [3.8, 4) is 11.1 Å². The van der Waals surface area contributed by atoms with E-state index < -0.39 is 23.5 Å². The summed E-state index contributed by atoms with van der Waals surface area (Å²) in [5, 5.41) is 12.4. The highest BCUT2D eigenvalue weighted by molar-refractivity contribution is 5.87. The summed E-state index contributed by atoms with van der Waals surface area (Å²) in [5.41, 5.74) is 3.54. The number of carboxylic acid groups (broad SMARTS) is 1. The number of ether oxygens (including phenoxy) is 1. The average molecular weight is 479 g/mol. The fourth-order valence-corrected chi connectivity index (χ4v) is 5.29. The number of carbonyl (C=O) groups excluding carboxylic acids is 2. The highest BCUT2D eigenvalue weighted by atomic mass is 16.5. The summed E-state index contributed by atoms with van der Waals surface area (Å²) in [6.45, 7) is 8.12. The fraction of sp³-hybridized carbons (Fsp3) is 0.464. The second-order valence-corrected chi connectivity index (χ2v) is 10.5. The Morgan fingerprint density at radius 2 is 1.66 bits per heavy atom. The van der Waals surface area contributed by atoms with Gasteiger partial charge in [-0.3, -0.25) is 9.59 Å². The number of hydrogen-bond acceptors (Lipinski definition) is 4. The highest BCUT2D eigenvalue weighted by Gasteiger charge is 2.48. The van der Waals surface area contributed by atoms with E-state index in [0.717, 1.165) is 22.3 Å². The van der Waals surface area contributed by atoms with Crippen molar-refractivity contribution in [3.63, 3.8) is 0 Å². The molecule has 0 unspecified atom stereocenters. The van der Waals surface area contributed by atoms with Crippen LogP contribution in [0.2, 0.25) is 0 Å². The Morgan fingerprint density at radius 1 is 1.09 bits per heavy atom. The van der Waals surface area contributed by atoms with Gasteiger partial charge in [-0.2, -0.15) is 0 Å². The molecule has 2 amide bonds. The van der Waals surface area contributed by atoms with Crippen LogP contribution in [0.15, 0.2) is 48.5 Å². The van der Waals surface area contributed by atoms with E-state index in [1.165, 1.54) is 0 Å². The van der Waals surface area contributed by atoms with Gasteiger partial charge in [0, 0.05) is 19.0 Å². The van der Waals surface area contributed by atoms with Gasteiger partial charge in [-0.05, 0) is 47.4 Å². The van der Waals surface area contributed by atoms with Gasteiger partial charge in [0.1, 0.15) is 12.6 Å². The number of carboxylic acids is 1. The van der Waals surface area contributed by atoms with E-state index in [0.29, 0.717) is 13.0 Å². The van der Waals surface area contributed by atoms with Gasteiger partial charge in [0.25, 0.3) is 0 Å². The standard InChI is InChI=1S/C28H34N2O5/c1-17(2)13-24(25(31)30-14-18(3)28(4,16-30)26(32)33)29-27(34)35-15-23-21-11-7-5-9-19(21)20-10-6-8-12-22(20)23/h5-12,17-18,23-24H,13-16H2,1-4H3,(H,29,34)(H,32,33)/t18-,24+,28-/m1/s1. The van der Waals surface area contributed by atoms with Crippen molar-refractivity contribution < 1.29 is 24.2 Å². The van der Waals surface area contributed by atoms with Crippen molar-refractivity contribution >= 4 is 18.0 Å². The number of alkyl carbamates (subject to hydrolysis) is 1. The first-order chi connectivity index (χ1) is 16.6. The lowest BCUT2D eigenvalue weighted by molar-refractivity contribution is -0.149. The predicted molar refractivity (Wildman–Crippen MR) is 133 cm³/mol. The van der Waals surface area contributed by atoms with Crippen LogP contribution in [0.1, 0.15) is 51.2 Å². The van der Waals surface area contributed by atoms with E-state index >= 15 is 0 Å². The Labute approximate surface area is 206 Å². The fourth-order valence-electron chi connectivity index (χ4n) is 5.29. The van der Waals surface area contributed by atoms with E-state index in [9.17, 15) is 19.5 Å². The molecule has 1 heterocycles. The van der Waals surface area contributed by atoms with Crippen LogP contribution in [-0.2, 0) is 14.3 Å². The zero-order valence-corrected chi connectivity index (χ0v) is 20.8. The molecule has 2 aliphatic rings. The van der Waals surface area contributed by atoms with Crippen LogP contribution in [-0.4, -0.2) is 53.7 Å². The number of nitrogens with zero attached hydrogens (tertiary/aromatic N) is 1. The van der Waals surface area contributed by atoms with Crippen LogP contribution in [0.5, 0.6) is 0 Å². The maximum Gasteiger partial charge on any atom is 0.407 e. The van der Waals surface area contributed by atoms with Gasteiger partial charge < -0.3 is 20.1 Å². The number of amides is 2. The number of likely N-dealkylation sites (tertiary alicyclic amines) is 1. The van der Waals surface area contributed by atoms with Crippen LogP contribution in [0, 0.1) is 17.3 Å². The lowest BCUT2D eigenvalue weighted by Crippen LogP contribution is -2.49. The maximum atomic E-state index is 13.3. The van der Waals surface area contributed by atoms with Gasteiger partial charge in [0.05, 0.1) is 5.41 Å². The highest BCUT2D eigenvalue weighted by Crippen LogP contribution is 2.44. The molecular formula is C28H34N2O5. The zero-order chi connectivity index (χ0) is 25.3. The predicted octanol–water partition coefficient (Wildman–Crippen LogP) is 4.51. The van der Waals surface area contributed by atoms with Gasteiger partial charge in [0.15, 0.2) is 0 Å². The van der Waals surface area contributed by atoms with E-state index in [-0.39, 0.29) is 36.8 Å². The molecule has 0 aromatic heterocycles. The van der Waals surface area contributed by atoms with E-state index in [2.05, 4.69) is 29.6 Å². The van der Waals surface area contributed by atoms with Crippen LogP contribution < -0.4 is 5.32 Å². The Hall–Kier alpha value is -3.35. The summed E-state index contributed by atoms with van der Waals surface area (Å²) in [7, 11) is 0. The molecule has 2 aromatic carbocycles. The van der Waals surface area contributed by atoms with E-state index in [1.54, 1.807) is 11.8 Å². The Kier molecular flexibility index (Phi) is 6.88. The molecule has 1 aliphatic heterocycles. The molecule has 186 valence electrons. The van der Waals surface area contributed by atoms with E-state index in [1.807, 2.05) is 45.0 Å². The summed E-state index contributed by atoms with van der Waals surface area (Å²) >= 11 is 0. The first-order valence-corrected chi connectivity index (χ1v) is 12.3. The maximum absolute atomic E-state index is 13.3. The zero-order valence-electron chi connectivity index (χ0n) is 20.8. The smallest absolute Gasteiger partial charge is 0.407 e. The van der Waals surface area contributed by atoms with Crippen molar-refractivity contribution in [2.45, 2.75) is 46.1 Å². The SMILES string of the molecule is CC(C)C[C@H](NC(=O)OCC1c2ccccc2-c2ccccc21)C(=O)N1C[C@@H](C)[C@](C)(C(=O)O)C1. The van der Waals surface area contributed by atoms with Crippen molar-refractivity contribution in [2.75, 3.05) is 19.7 Å². The molecule has 0 saturated carbocycles. The van der Waals surface area contributed by atoms with E-state index in [4.69, 9.17) is 4.74 Å². The number of benzene rings is 2. The van der Waals surface area contributed by atoms with Crippen molar-refractivity contribution in [1.82, 2.24) is 10.2 Å². The molecule has 2 N–H and O–H groups in total. The number of aliphatic carboxylic acids is 1. The molecule has 0 bridgehead atoms. The van der Waals surface area contributed by atoms with Gasteiger partial charge in [0.2, 0.25) is 5.91 Å². The third-order valence-corrected chi connectivity index (χ3v) is 7.54. The Morgan fingerprint density at radius 3 is 2.17 bits per heavy atom. The van der Waals surface area contributed by atoms with Crippen molar-refractivity contribution in [3.05, 3.63) is 59.7 Å². The number of carbonyl (C=O) groups is 3. The summed E-state index contributed by atoms with van der Waals surface area (Å²) in [6, 6.07) is 15.5. The molecule has 3 atom stereocenters. The lowest BCUT2D eigenvalue weighted by atomic mass is 9.81. The second-order valence-electron chi connectivity index (χ2n) is 10.5. The topological polar surface area (TPSA) is 95.9 Å². The minimum absolute atomic E-state index is 0.0666. The third-order valence-electron chi connectivity index (χ3n) is 7.54. The van der Waals surface area contributed by atoms with Gasteiger partial charge in [-0.15, -0.1) is 0 Å². The molecule has 7 heteroatoms. The molecule has 35 heavy (non-hydrogen) atoms. The second kappa shape index (κ2) is 9.72. The molecule has 2 aromatic rings. The molecule has 0 spiro atoms. The molecule has 1 aliphatic carbocycles. The number of rotatable bonds is 7. The molecule has 7 nitrogen and oxygen atoms in total. The monoisotopic (exact) mass is 478 g/mol. The minimum Gasteiger partial charge on any atom is -0.481 e. The molecule has 1 saturated heterocycles. The summed E-state index contributed by atoms with van der Waals surface area (Å²) in [4.78, 5) is 39.5. The van der Waals surface area contributed by atoms with Crippen molar-refractivity contribution in [1.29, 1.82) is 0 Å². The molecule has 1 fully saturated rings. The molecular weight excluding hydrogens is 444 g/mol. The van der Waals surface area contributed by atoms with Crippen LogP contribution in [0.3, 0.4) is 0 Å². The Balaban J connectivity index is 1.44. The number of hydrogen-bond donors (Lipinski definition) is 2. The average Bonchev–Trinajstić information content (AvgIpc) is 3.31. The summed E-state index contributed by atoms with van der Waals surface area (Å²) in [5.74, 6) is -1.26. The van der Waals surface area contributed by atoms with Crippen molar-refractivity contribution in [2.24, 2.45) is 17.3 Å². The number of fused-ring (bicyclic) bond motifs is 3. The van der Waals surface area contributed by atoms with Gasteiger partial charge in [-0.1, -0.05) is 69.3 Å². The molecule has 4 rings (SSSR count). The summed E-state index contributed by atoms with van der Waals surface area (Å²) in [6.07, 6.45) is -0.198. The van der Waals surface area contributed by atoms with Crippen LogP contribution in [0.4, 0.5) is 4.79 Å². The summed E-state index contributed by atoms with van der Waals surface area (Å²) < 4.78 is 5.65. The lowest BCUT2D eigenvalue weighted by Gasteiger charge is -2.26. The quantitative estimate of drug-likeness (QED) is 0.611.